The zero-order chi connectivity index (χ0) is 14.2. The average molecular weight is 326 g/mol. The van der Waals surface area contributed by atoms with E-state index in [-0.39, 0.29) is 5.91 Å². The van der Waals surface area contributed by atoms with Gasteiger partial charge in [-0.05, 0) is 37.5 Å². The minimum atomic E-state index is -0.984. The second-order valence-corrected chi connectivity index (χ2v) is 5.93. The van der Waals surface area contributed by atoms with Crippen LogP contribution in [-0.2, 0) is 15.0 Å². The zero-order valence-electron chi connectivity index (χ0n) is 10.9. The molecule has 1 amide bonds. The molecular formula is C14H16BrNO3. The smallest absolute Gasteiger partial charge is 0.326 e. The summed E-state index contributed by atoms with van der Waals surface area (Å²) in [6.07, 6.45) is 1.56. The van der Waals surface area contributed by atoms with Crippen molar-refractivity contribution in [1.29, 1.82) is 0 Å². The Morgan fingerprint density at radius 1 is 1.32 bits per heavy atom. The summed E-state index contributed by atoms with van der Waals surface area (Å²) in [4.78, 5) is 24.8. The Morgan fingerprint density at radius 2 is 1.84 bits per heavy atom. The molecule has 1 aliphatic carbocycles. The molecule has 0 saturated heterocycles. The summed E-state index contributed by atoms with van der Waals surface area (Å²) >= 11 is 3.37. The van der Waals surface area contributed by atoms with Crippen LogP contribution < -0.4 is 0 Å². The molecule has 1 aromatic rings. The van der Waals surface area contributed by atoms with E-state index >= 15 is 0 Å². The van der Waals surface area contributed by atoms with Crippen LogP contribution in [-0.4, -0.2) is 35.0 Å². The summed E-state index contributed by atoms with van der Waals surface area (Å²) < 4.78 is 0.965. The third kappa shape index (κ3) is 2.52. The Bertz CT molecular complexity index is 508. The van der Waals surface area contributed by atoms with Gasteiger partial charge < -0.3 is 10.0 Å². The topological polar surface area (TPSA) is 57.6 Å². The summed E-state index contributed by atoms with van der Waals surface area (Å²) in [5.41, 5.74) is 0.448. The molecule has 0 spiro atoms. The minimum absolute atomic E-state index is 0.107. The fraction of sp³-hybridized carbons (Fsp3) is 0.429. The average Bonchev–Trinajstić information content (AvgIpc) is 3.18. The van der Waals surface area contributed by atoms with Gasteiger partial charge in [-0.2, -0.15) is 0 Å². The molecule has 2 rings (SSSR count). The largest absolute Gasteiger partial charge is 0.480 e. The molecule has 1 atom stereocenters. The van der Waals surface area contributed by atoms with Crippen molar-refractivity contribution in [2.75, 3.05) is 7.05 Å². The summed E-state index contributed by atoms with van der Waals surface area (Å²) in [5.74, 6) is -1.09. The molecule has 1 unspecified atom stereocenters. The lowest BCUT2D eigenvalue weighted by molar-refractivity contribution is -0.149. The van der Waals surface area contributed by atoms with Crippen LogP contribution in [0.15, 0.2) is 28.7 Å². The van der Waals surface area contributed by atoms with Gasteiger partial charge in [0, 0.05) is 11.5 Å². The Hall–Kier alpha value is -1.36. The number of aliphatic carboxylic acids is 1. The van der Waals surface area contributed by atoms with Crippen molar-refractivity contribution in [2.24, 2.45) is 0 Å². The standard InChI is InChI=1S/C14H16BrNO3/c1-9(12(17)18)16(2)13(19)14(7-8-14)10-3-5-11(15)6-4-10/h3-6,9H,7-8H2,1-2H3,(H,17,18). The van der Waals surface area contributed by atoms with Gasteiger partial charge in [0.25, 0.3) is 0 Å². The number of carbonyl (C=O) groups is 2. The number of carbonyl (C=O) groups excluding carboxylic acids is 1. The lowest BCUT2D eigenvalue weighted by atomic mass is 9.94. The van der Waals surface area contributed by atoms with Crippen molar-refractivity contribution in [1.82, 2.24) is 4.90 Å². The lowest BCUT2D eigenvalue weighted by Crippen LogP contribution is -2.45. The van der Waals surface area contributed by atoms with E-state index in [4.69, 9.17) is 5.11 Å². The lowest BCUT2D eigenvalue weighted by Gasteiger charge is -2.27. The number of hydrogen-bond acceptors (Lipinski definition) is 2. The minimum Gasteiger partial charge on any atom is -0.480 e. The number of carboxylic acid groups (broad SMARTS) is 1. The normalized spacial score (nSPS) is 17.6. The highest BCUT2D eigenvalue weighted by molar-refractivity contribution is 9.10. The van der Waals surface area contributed by atoms with Crippen LogP contribution >= 0.6 is 15.9 Å². The molecule has 0 heterocycles. The third-order valence-electron chi connectivity index (χ3n) is 3.81. The molecule has 19 heavy (non-hydrogen) atoms. The SMILES string of the molecule is CC(C(=O)O)N(C)C(=O)C1(c2ccc(Br)cc2)CC1. The number of halogens is 1. The Morgan fingerprint density at radius 3 is 2.26 bits per heavy atom. The number of amides is 1. The molecule has 0 bridgehead atoms. The highest BCUT2D eigenvalue weighted by Gasteiger charge is 2.53. The van der Waals surface area contributed by atoms with Crippen molar-refractivity contribution in [3.63, 3.8) is 0 Å². The van der Waals surface area contributed by atoms with Gasteiger partial charge in [0.15, 0.2) is 0 Å². The number of likely N-dealkylation sites (N-methyl/N-ethyl adjacent to an activating group) is 1. The van der Waals surface area contributed by atoms with E-state index in [1.807, 2.05) is 24.3 Å². The summed E-state index contributed by atoms with van der Waals surface area (Å²) in [7, 11) is 1.56. The monoisotopic (exact) mass is 325 g/mol. The molecule has 1 aliphatic rings. The summed E-state index contributed by atoms with van der Waals surface area (Å²) in [6, 6.07) is 6.86. The third-order valence-corrected chi connectivity index (χ3v) is 4.34. The van der Waals surface area contributed by atoms with E-state index < -0.39 is 17.4 Å². The van der Waals surface area contributed by atoms with Crippen LogP contribution in [0.3, 0.4) is 0 Å². The van der Waals surface area contributed by atoms with Crippen molar-refractivity contribution in [3.05, 3.63) is 34.3 Å². The van der Waals surface area contributed by atoms with Gasteiger partial charge in [-0.15, -0.1) is 0 Å². The van der Waals surface area contributed by atoms with Gasteiger partial charge >= 0.3 is 5.97 Å². The highest BCUT2D eigenvalue weighted by Crippen LogP contribution is 2.49. The number of benzene rings is 1. The first-order chi connectivity index (χ1) is 8.88. The molecule has 1 aromatic carbocycles. The first-order valence-electron chi connectivity index (χ1n) is 6.14. The van der Waals surface area contributed by atoms with E-state index in [0.29, 0.717) is 0 Å². The van der Waals surface area contributed by atoms with E-state index in [1.54, 1.807) is 7.05 Å². The van der Waals surface area contributed by atoms with Gasteiger partial charge in [0.05, 0.1) is 5.41 Å². The summed E-state index contributed by atoms with van der Waals surface area (Å²) in [6.45, 7) is 1.53. The van der Waals surface area contributed by atoms with Gasteiger partial charge in [-0.25, -0.2) is 4.79 Å². The fourth-order valence-electron chi connectivity index (χ4n) is 2.20. The maximum Gasteiger partial charge on any atom is 0.326 e. The number of rotatable bonds is 4. The van der Waals surface area contributed by atoms with Crippen molar-refractivity contribution in [3.8, 4) is 0 Å². The highest BCUT2D eigenvalue weighted by atomic mass is 79.9. The van der Waals surface area contributed by atoms with Crippen LogP contribution in [0.4, 0.5) is 0 Å². The Balaban J connectivity index is 2.23. The van der Waals surface area contributed by atoms with Gasteiger partial charge in [-0.3, -0.25) is 4.79 Å². The fourth-order valence-corrected chi connectivity index (χ4v) is 2.46. The molecule has 0 radical (unpaired) electrons. The molecular weight excluding hydrogens is 310 g/mol. The number of nitrogens with zero attached hydrogens (tertiary/aromatic N) is 1. The molecule has 0 aliphatic heterocycles. The number of carboxylic acids is 1. The van der Waals surface area contributed by atoms with Crippen LogP contribution in [0, 0.1) is 0 Å². The Kier molecular flexibility index (Phi) is 3.67. The van der Waals surface area contributed by atoms with Crippen LogP contribution in [0.2, 0.25) is 0 Å². The van der Waals surface area contributed by atoms with Crippen LogP contribution in [0.25, 0.3) is 0 Å². The quantitative estimate of drug-likeness (QED) is 0.924. The molecule has 0 aromatic heterocycles. The Labute approximate surface area is 120 Å². The maximum atomic E-state index is 12.5. The number of hydrogen-bond donors (Lipinski definition) is 1. The molecule has 5 heteroatoms. The van der Waals surface area contributed by atoms with E-state index in [2.05, 4.69) is 15.9 Å². The van der Waals surface area contributed by atoms with E-state index in [9.17, 15) is 9.59 Å². The van der Waals surface area contributed by atoms with E-state index in [1.165, 1.54) is 11.8 Å². The predicted octanol–water partition coefficient (Wildman–Crippen LogP) is 2.41. The first-order valence-corrected chi connectivity index (χ1v) is 6.94. The zero-order valence-corrected chi connectivity index (χ0v) is 12.5. The second kappa shape index (κ2) is 4.96. The van der Waals surface area contributed by atoms with Crippen LogP contribution in [0.5, 0.6) is 0 Å². The predicted molar refractivity (Wildman–Crippen MR) is 74.9 cm³/mol. The van der Waals surface area contributed by atoms with Gasteiger partial charge in [-0.1, -0.05) is 28.1 Å². The van der Waals surface area contributed by atoms with Crippen LogP contribution in [0.1, 0.15) is 25.3 Å². The van der Waals surface area contributed by atoms with Gasteiger partial charge in [0.1, 0.15) is 6.04 Å². The molecule has 1 N–H and O–H groups in total. The first kappa shape index (κ1) is 14.1. The van der Waals surface area contributed by atoms with Crippen molar-refractivity contribution < 1.29 is 14.7 Å². The van der Waals surface area contributed by atoms with Crippen molar-refractivity contribution >= 4 is 27.8 Å². The maximum absolute atomic E-state index is 12.5. The van der Waals surface area contributed by atoms with E-state index in [0.717, 1.165) is 22.9 Å². The molecule has 102 valence electrons. The molecule has 1 fully saturated rings. The molecule has 4 nitrogen and oxygen atoms in total. The molecule has 1 saturated carbocycles. The second-order valence-electron chi connectivity index (χ2n) is 5.02. The summed E-state index contributed by atoms with van der Waals surface area (Å²) in [5, 5.41) is 8.99. The van der Waals surface area contributed by atoms with Gasteiger partial charge in [0.2, 0.25) is 5.91 Å². The van der Waals surface area contributed by atoms with Crippen molar-refractivity contribution in [2.45, 2.75) is 31.2 Å².